The maximum atomic E-state index is 9.70. The number of anilines is 2. The lowest BCUT2D eigenvalue weighted by Gasteiger charge is -2.35. The van der Waals surface area contributed by atoms with Crippen LogP contribution in [0.25, 0.3) is 0 Å². The molecule has 0 amide bonds. The minimum Gasteiger partial charge on any atom is -0.393 e. The van der Waals surface area contributed by atoms with Crippen LogP contribution in [0.2, 0.25) is 0 Å². The van der Waals surface area contributed by atoms with Gasteiger partial charge in [-0.1, -0.05) is 6.92 Å². The first-order valence-electron chi connectivity index (χ1n) is 7.55. The fraction of sp³-hybridized carbons (Fsp3) is 0.733. The predicted octanol–water partition coefficient (Wildman–Crippen LogP) is 1.99. The first kappa shape index (κ1) is 15.0. The molecule has 1 aliphatic rings. The van der Waals surface area contributed by atoms with E-state index in [-0.39, 0.29) is 6.10 Å². The zero-order chi connectivity index (χ0) is 14.7. The third kappa shape index (κ3) is 3.03. The van der Waals surface area contributed by atoms with Gasteiger partial charge in [0.05, 0.1) is 6.10 Å². The molecule has 0 aliphatic carbocycles. The molecule has 1 aromatic rings. The van der Waals surface area contributed by atoms with Crippen molar-refractivity contribution in [1.29, 1.82) is 0 Å². The first-order chi connectivity index (χ1) is 9.56. The zero-order valence-corrected chi connectivity index (χ0v) is 13.0. The molecule has 2 heterocycles. The van der Waals surface area contributed by atoms with Gasteiger partial charge in [-0.15, -0.1) is 0 Å². The van der Waals surface area contributed by atoms with E-state index in [4.69, 9.17) is 4.98 Å². The van der Waals surface area contributed by atoms with E-state index in [0.29, 0.717) is 5.92 Å². The van der Waals surface area contributed by atoms with Crippen molar-refractivity contribution in [1.82, 2.24) is 9.97 Å². The molecule has 20 heavy (non-hydrogen) atoms. The Labute approximate surface area is 121 Å². The lowest BCUT2D eigenvalue weighted by Crippen LogP contribution is -2.38. The molecule has 2 N–H and O–H groups in total. The monoisotopic (exact) mass is 278 g/mol. The number of aromatic nitrogens is 2. The van der Waals surface area contributed by atoms with Crippen LogP contribution in [0.3, 0.4) is 0 Å². The maximum absolute atomic E-state index is 9.70. The van der Waals surface area contributed by atoms with E-state index in [2.05, 4.69) is 29.0 Å². The van der Waals surface area contributed by atoms with Gasteiger partial charge in [-0.2, -0.15) is 0 Å². The van der Waals surface area contributed by atoms with Crippen molar-refractivity contribution in [2.45, 2.75) is 46.1 Å². The van der Waals surface area contributed by atoms with E-state index in [0.717, 1.165) is 55.4 Å². The van der Waals surface area contributed by atoms with Gasteiger partial charge in [-0.3, -0.25) is 0 Å². The molecule has 0 saturated carbocycles. The van der Waals surface area contributed by atoms with Crippen molar-refractivity contribution in [3.8, 4) is 0 Å². The van der Waals surface area contributed by atoms with Crippen molar-refractivity contribution in [3.05, 3.63) is 11.4 Å². The van der Waals surface area contributed by atoms with E-state index in [9.17, 15) is 5.11 Å². The Morgan fingerprint density at radius 1 is 1.35 bits per heavy atom. The van der Waals surface area contributed by atoms with E-state index in [1.165, 1.54) is 0 Å². The molecule has 1 fully saturated rings. The zero-order valence-electron chi connectivity index (χ0n) is 13.0. The van der Waals surface area contributed by atoms with Crippen molar-refractivity contribution >= 4 is 11.6 Å². The van der Waals surface area contributed by atoms with Crippen molar-refractivity contribution in [3.63, 3.8) is 0 Å². The molecule has 1 aliphatic heterocycles. The van der Waals surface area contributed by atoms with Gasteiger partial charge in [-0.25, -0.2) is 9.97 Å². The maximum Gasteiger partial charge on any atom is 0.137 e. The summed E-state index contributed by atoms with van der Waals surface area (Å²) < 4.78 is 0. The molecule has 1 saturated heterocycles. The second-order valence-corrected chi connectivity index (χ2v) is 5.61. The number of piperidine rings is 1. The van der Waals surface area contributed by atoms with Crippen LogP contribution in [0.5, 0.6) is 0 Å². The van der Waals surface area contributed by atoms with Crippen LogP contribution < -0.4 is 10.2 Å². The Morgan fingerprint density at radius 2 is 2.00 bits per heavy atom. The van der Waals surface area contributed by atoms with Crippen LogP contribution in [-0.2, 0) is 6.42 Å². The SMILES string of the molecule is CCc1nc(NC)c(C)c(N2CCC(C(C)O)CC2)n1. The Kier molecular flexibility index (Phi) is 4.81. The Bertz CT molecular complexity index is 453. The molecule has 112 valence electrons. The summed E-state index contributed by atoms with van der Waals surface area (Å²) in [5, 5.41) is 12.9. The summed E-state index contributed by atoms with van der Waals surface area (Å²) in [4.78, 5) is 11.6. The van der Waals surface area contributed by atoms with Crippen LogP contribution in [0.1, 0.15) is 38.1 Å². The Balaban J connectivity index is 2.21. The minimum atomic E-state index is -0.206. The fourth-order valence-electron chi connectivity index (χ4n) is 2.85. The number of rotatable bonds is 4. The van der Waals surface area contributed by atoms with Crippen LogP contribution in [0.4, 0.5) is 11.6 Å². The molecule has 0 bridgehead atoms. The van der Waals surface area contributed by atoms with Crippen LogP contribution in [-0.4, -0.2) is 41.3 Å². The summed E-state index contributed by atoms with van der Waals surface area (Å²) in [5.74, 6) is 3.27. The predicted molar refractivity (Wildman–Crippen MR) is 82.3 cm³/mol. The molecule has 5 nitrogen and oxygen atoms in total. The minimum absolute atomic E-state index is 0.206. The summed E-state index contributed by atoms with van der Waals surface area (Å²) in [6.45, 7) is 7.96. The molecule has 5 heteroatoms. The van der Waals surface area contributed by atoms with E-state index in [1.807, 2.05) is 14.0 Å². The third-order valence-corrected chi connectivity index (χ3v) is 4.24. The van der Waals surface area contributed by atoms with Crippen molar-refractivity contribution in [2.24, 2.45) is 5.92 Å². The second-order valence-electron chi connectivity index (χ2n) is 5.61. The van der Waals surface area contributed by atoms with Gasteiger partial charge in [0.25, 0.3) is 0 Å². The third-order valence-electron chi connectivity index (χ3n) is 4.24. The second kappa shape index (κ2) is 6.39. The van der Waals surface area contributed by atoms with Gasteiger partial charge in [0.1, 0.15) is 17.5 Å². The lowest BCUT2D eigenvalue weighted by molar-refractivity contribution is 0.109. The Hall–Kier alpha value is -1.36. The van der Waals surface area contributed by atoms with E-state index >= 15 is 0 Å². The molecular weight excluding hydrogens is 252 g/mol. The number of hydrogen-bond acceptors (Lipinski definition) is 5. The average Bonchev–Trinajstić information content (AvgIpc) is 2.47. The summed E-state index contributed by atoms with van der Waals surface area (Å²) in [6, 6.07) is 0. The largest absolute Gasteiger partial charge is 0.393 e. The van der Waals surface area contributed by atoms with Crippen LogP contribution in [0, 0.1) is 12.8 Å². The standard InChI is InChI=1S/C15H26N4O/c1-5-13-17-14(16-4)10(2)15(18-13)19-8-6-12(7-9-19)11(3)20/h11-12,20H,5-9H2,1-4H3,(H,16,17,18). The highest BCUT2D eigenvalue weighted by molar-refractivity contribution is 5.58. The molecule has 0 radical (unpaired) electrons. The number of aryl methyl sites for hydroxylation is 1. The van der Waals surface area contributed by atoms with Crippen LogP contribution >= 0.6 is 0 Å². The number of hydrogen-bond donors (Lipinski definition) is 2. The molecule has 0 spiro atoms. The van der Waals surface area contributed by atoms with E-state index in [1.54, 1.807) is 0 Å². The van der Waals surface area contributed by atoms with E-state index < -0.39 is 0 Å². The van der Waals surface area contributed by atoms with Gasteiger partial charge in [0.15, 0.2) is 0 Å². The highest BCUT2D eigenvalue weighted by Crippen LogP contribution is 2.28. The lowest BCUT2D eigenvalue weighted by atomic mass is 9.92. The molecule has 1 unspecified atom stereocenters. The summed E-state index contributed by atoms with van der Waals surface area (Å²) in [5.41, 5.74) is 1.11. The molecule has 0 aromatic carbocycles. The fourth-order valence-corrected chi connectivity index (χ4v) is 2.85. The highest BCUT2D eigenvalue weighted by atomic mass is 16.3. The topological polar surface area (TPSA) is 61.3 Å². The van der Waals surface area contributed by atoms with Gasteiger partial charge < -0.3 is 15.3 Å². The van der Waals surface area contributed by atoms with Crippen LogP contribution in [0.15, 0.2) is 0 Å². The van der Waals surface area contributed by atoms with Gasteiger partial charge >= 0.3 is 0 Å². The quantitative estimate of drug-likeness (QED) is 0.882. The van der Waals surface area contributed by atoms with Gasteiger partial charge in [-0.05, 0) is 32.6 Å². The Morgan fingerprint density at radius 3 is 2.50 bits per heavy atom. The molecule has 2 rings (SSSR count). The smallest absolute Gasteiger partial charge is 0.137 e. The summed E-state index contributed by atoms with van der Waals surface area (Å²) in [6.07, 6.45) is 2.68. The highest BCUT2D eigenvalue weighted by Gasteiger charge is 2.25. The molecule has 1 atom stereocenters. The average molecular weight is 278 g/mol. The summed E-state index contributed by atoms with van der Waals surface area (Å²) >= 11 is 0. The van der Waals surface area contributed by atoms with Gasteiger partial charge in [0.2, 0.25) is 0 Å². The number of nitrogens with one attached hydrogen (secondary N) is 1. The normalized spacial score (nSPS) is 18.1. The first-order valence-corrected chi connectivity index (χ1v) is 7.55. The number of nitrogens with zero attached hydrogens (tertiary/aromatic N) is 3. The van der Waals surface area contributed by atoms with Crippen molar-refractivity contribution in [2.75, 3.05) is 30.4 Å². The van der Waals surface area contributed by atoms with Crippen molar-refractivity contribution < 1.29 is 5.11 Å². The number of aliphatic hydroxyl groups excluding tert-OH is 1. The number of aliphatic hydroxyl groups is 1. The molecular formula is C15H26N4O. The molecule has 1 aromatic heterocycles. The van der Waals surface area contributed by atoms with Gasteiger partial charge in [0, 0.05) is 32.1 Å². The summed E-state index contributed by atoms with van der Waals surface area (Å²) in [7, 11) is 1.90.